The maximum absolute atomic E-state index is 11.7. The van der Waals surface area contributed by atoms with Crippen molar-refractivity contribution in [1.82, 2.24) is 5.32 Å². The molecule has 1 unspecified atom stereocenters. The Morgan fingerprint density at radius 3 is 2.31 bits per heavy atom. The van der Waals surface area contributed by atoms with Crippen LogP contribution in [0, 0.1) is 5.41 Å². The van der Waals surface area contributed by atoms with E-state index in [1.54, 1.807) is 45.0 Å². The number of nitrogens with two attached hydrogens (primary N) is 1. The van der Waals surface area contributed by atoms with Crippen molar-refractivity contribution < 1.29 is 28.6 Å². The first-order valence-corrected chi connectivity index (χ1v) is 7.91. The van der Waals surface area contributed by atoms with Crippen LogP contribution in [0.5, 0.6) is 5.75 Å². The molecule has 0 saturated carbocycles. The molecule has 0 fully saturated rings. The van der Waals surface area contributed by atoms with Gasteiger partial charge >= 0.3 is 12.1 Å². The number of rotatable bonds is 7. The van der Waals surface area contributed by atoms with Gasteiger partial charge in [0.05, 0.1) is 0 Å². The summed E-state index contributed by atoms with van der Waals surface area (Å²) in [4.78, 5) is 27.1. The van der Waals surface area contributed by atoms with Gasteiger partial charge in [0.25, 0.3) is 0 Å². The third-order valence-corrected chi connectivity index (χ3v) is 2.83. The fourth-order valence-corrected chi connectivity index (χ4v) is 1.80. The van der Waals surface area contributed by atoms with E-state index in [1.165, 1.54) is 6.92 Å². The zero-order chi connectivity index (χ0) is 19.7. The van der Waals surface area contributed by atoms with E-state index in [1.807, 2.05) is 0 Å². The SMILES string of the molecule is CC(=O)OCC(CON)Oc1ccc(C(=N)NC(=O)OC(C)(C)C)cc1. The predicted molar refractivity (Wildman–Crippen MR) is 93.8 cm³/mol. The quantitative estimate of drug-likeness (QED) is 0.289. The van der Waals surface area contributed by atoms with Gasteiger partial charge in [0.15, 0.2) is 6.10 Å². The zero-order valence-electron chi connectivity index (χ0n) is 15.3. The standard InChI is InChI=1S/C17H25N3O6/c1-11(21)23-9-14(10-24-19)25-13-7-5-12(6-8-13)15(18)20-16(22)26-17(2,3)4/h5-8,14H,9-10,19H2,1-4H3,(H2,18,20,22). The van der Waals surface area contributed by atoms with E-state index in [4.69, 9.17) is 25.5 Å². The molecule has 0 aliphatic heterocycles. The molecule has 0 aliphatic rings. The summed E-state index contributed by atoms with van der Waals surface area (Å²) in [5.74, 6) is 4.97. The molecule has 1 atom stereocenters. The number of hydrogen-bond donors (Lipinski definition) is 3. The van der Waals surface area contributed by atoms with Crippen molar-refractivity contribution in [1.29, 1.82) is 5.41 Å². The van der Waals surface area contributed by atoms with Crippen molar-refractivity contribution in [2.75, 3.05) is 13.2 Å². The van der Waals surface area contributed by atoms with Crippen molar-refractivity contribution in [3.8, 4) is 5.75 Å². The number of nitrogens with one attached hydrogen (secondary N) is 2. The molecule has 1 amide bonds. The van der Waals surface area contributed by atoms with Gasteiger partial charge in [-0.25, -0.2) is 10.7 Å². The highest BCUT2D eigenvalue weighted by Crippen LogP contribution is 2.15. The molecule has 26 heavy (non-hydrogen) atoms. The van der Waals surface area contributed by atoms with Gasteiger partial charge in [0.2, 0.25) is 0 Å². The molecule has 1 rings (SSSR count). The molecule has 4 N–H and O–H groups in total. The van der Waals surface area contributed by atoms with Crippen LogP contribution in [0.2, 0.25) is 0 Å². The summed E-state index contributed by atoms with van der Waals surface area (Å²) in [6.45, 7) is 6.52. The van der Waals surface area contributed by atoms with Crippen molar-refractivity contribution in [2.45, 2.75) is 39.4 Å². The van der Waals surface area contributed by atoms with Crippen molar-refractivity contribution in [3.63, 3.8) is 0 Å². The zero-order valence-corrected chi connectivity index (χ0v) is 15.3. The predicted octanol–water partition coefficient (Wildman–Crippen LogP) is 1.74. The molecule has 0 spiro atoms. The molecule has 1 aromatic rings. The fraction of sp³-hybridized carbons (Fsp3) is 0.471. The minimum Gasteiger partial charge on any atom is -0.484 e. The lowest BCUT2D eigenvalue weighted by molar-refractivity contribution is -0.144. The molecule has 1 aromatic carbocycles. The second kappa shape index (κ2) is 9.73. The molecule has 9 nitrogen and oxygen atoms in total. The lowest BCUT2D eigenvalue weighted by Crippen LogP contribution is -2.36. The first-order chi connectivity index (χ1) is 12.1. The molecule has 0 heterocycles. The van der Waals surface area contributed by atoms with Gasteiger partial charge in [-0.1, -0.05) is 0 Å². The van der Waals surface area contributed by atoms with Crippen LogP contribution in [0.25, 0.3) is 0 Å². The highest BCUT2D eigenvalue weighted by atomic mass is 16.6. The summed E-state index contributed by atoms with van der Waals surface area (Å²) in [5.41, 5.74) is -0.181. The Kier molecular flexibility index (Phi) is 8.01. The Hall–Kier alpha value is -2.65. The Labute approximate surface area is 152 Å². The number of amidine groups is 1. The summed E-state index contributed by atoms with van der Waals surface area (Å²) in [7, 11) is 0. The average Bonchev–Trinajstić information content (AvgIpc) is 2.51. The van der Waals surface area contributed by atoms with Crippen LogP contribution in [-0.4, -0.2) is 42.8 Å². The third-order valence-electron chi connectivity index (χ3n) is 2.83. The smallest absolute Gasteiger partial charge is 0.413 e. The minimum absolute atomic E-state index is 0.00962. The molecule has 0 aromatic heterocycles. The monoisotopic (exact) mass is 367 g/mol. The van der Waals surface area contributed by atoms with Crippen LogP contribution in [0.4, 0.5) is 4.79 Å². The van der Waals surface area contributed by atoms with E-state index in [9.17, 15) is 9.59 Å². The second-order valence-electron chi connectivity index (χ2n) is 6.40. The van der Waals surface area contributed by atoms with Crippen LogP contribution >= 0.6 is 0 Å². The van der Waals surface area contributed by atoms with Crippen molar-refractivity contribution in [2.24, 2.45) is 5.90 Å². The fourth-order valence-electron chi connectivity index (χ4n) is 1.80. The first-order valence-electron chi connectivity index (χ1n) is 7.91. The Balaban J connectivity index is 2.64. The molecular weight excluding hydrogens is 342 g/mol. The van der Waals surface area contributed by atoms with Crippen molar-refractivity contribution in [3.05, 3.63) is 29.8 Å². The highest BCUT2D eigenvalue weighted by molar-refractivity contribution is 6.04. The largest absolute Gasteiger partial charge is 0.484 e. The van der Waals surface area contributed by atoms with E-state index >= 15 is 0 Å². The Morgan fingerprint density at radius 2 is 1.81 bits per heavy atom. The molecular formula is C17H25N3O6. The maximum Gasteiger partial charge on any atom is 0.413 e. The number of ether oxygens (including phenoxy) is 3. The molecule has 9 heteroatoms. The molecule has 0 radical (unpaired) electrons. The number of amides is 1. The van der Waals surface area contributed by atoms with E-state index in [-0.39, 0.29) is 19.0 Å². The second-order valence-corrected chi connectivity index (χ2v) is 6.40. The first kappa shape index (κ1) is 21.4. The minimum atomic E-state index is -0.704. The van der Waals surface area contributed by atoms with Gasteiger partial charge in [-0.15, -0.1) is 0 Å². The Morgan fingerprint density at radius 1 is 1.19 bits per heavy atom. The summed E-state index contributed by atoms with van der Waals surface area (Å²) < 4.78 is 15.6. The topological polar surface area (TPSA) is 133 Å². The Bertz CT molecular complexity index is 624. The highest BCUT2D eigenvalue weighted by Gasteiger charge is 2.18. The van der Waals surface area contributed by atoms with E-state index < -0.39 is 23.8 Å². The van der Waals surface area contributed by atoms with Gasteiger partial charge in [-0.2, -0.15) is 0 Å². The van der Waals surface area contributed by atoms with Crippen molar-refractivity contribution >= 4 is 17.9 Å². The van der Waals surface area contributed by atoms with Gasteiger partial charge in [0, 0.05) is 12.5 Å². The number of hydrogen-bond acceptors (Lipinski definition) is 8. The molecule has 0 bridgehead atoms. The van der Waals surface area contributed by atoms with Gasteiger partial charge in [-0.3, -0.25) is 15.5 Å². The number of carbonyl (C=O) groups excluding carboxylic acids is 2. The number of esters is 1. The van der Waals surface area contributed by atoms with Crippen LogP contribution in [0.1, 0.15) is 33.3 Å². The molecule has 0 saturated heterocycles. The number of benzene rings is 1. The molecule has 144 valence electrons. The van der Waals surface area contributed by atoms with Gasteiger partial charge in [0.1, 0.15) is 30.4 Å². The van der Waals surface area contributed by atoms with Gasteiger partial charge < -0.3 is 19.0 Å². The molecule has 0 aliphatic carbocycles. The van der Waals surface area contributed by atoms with Crippen LogP contribution < -0.4 is 16.0 Å². The summed E-state index contributed by atoms with van der Waals surface area (Å²) >= 11 is 0. The summed E-state index contributed by atoms with van der Waals surface area (Å²) in [6.07, 6.45) is -1.28. The van der Waals surface area contributed by atoms with E-state index in [0.29, 0.717) is 11.3 Å². The van der Waals surface area contributed by atoms with E-state index in [0.717, 1.165) is 0 Å². The summed E-state index contributed by atoms with van der Waals surface area (Å²) in [6, 6.07) is 6.41. The third kappa shape index (κ3) is 8.45. The summed E-state index contributed by atoms with van der Waals surface area (Å²) in [5, 5.41) is 10.3. The maximum atomic E-state index is 11.7. The van der Waals surface area contributed by atoms with Gasteiger partial charge in [-0.05, 0) is 45.0 Å². The average molecular weight is 367 g/mol. The normalized spacial score (nSPS) is 12.0. The van der Waals surface area contributed by atoms with Crippen LogP contribution in [0.3, 0.4) is 0 Å². The number of carbonyl (C=O) groups is 2. The lowest BCUT2D eigenvalue weighted by Gasteiger charge is -2.20. The number of alkyl carbamates (subject to hydrolysis) is 1. The van der Waals surface area contributed by atoms with Crippen LogP contribution in [-0.2, 0) is 19.1 Å². The van der Waals surface area contributed by atoms with Crippen LogP contribution in [0.15, 0.2) is 24.3 Å². The van der Waals surface area contributed by atoms with E-state index in [2.05, 4.69) is 10.2 Å². The lowest BCUT2D eigenvalue weighted by atomic mass is 10.2.